The van der Waals surface area contributed by atoms with Crippen LogP contribution in [0.2, 0.25) is 0 Å². The second kappa shape index (κ2) is 8.60. The lowest BCUT2D eigenvalue weighted by Gasteiger charge is -2.34. The maximum atomic E-state index is 11.9. The number of hydrogen-bond donors (Lipinski definition) is 0. The first kappa shape index (κ1) is 19.4. The minimum Gasteiger partial charge on any atom is -0.496 e. The van der Waals surface area contributed by atoms with Gasteiger partial charge in [0.05, 0.1) is 25.2 Å². The third-order valence-corrected chi connectivity index (χ3v) is 5.65. The molecule has 9 heteroatoms. The fraction of sp³-hybridized carbons (Fsp3) is 0.500. The number of anilines is 2. The van der Waals surface area contributed by atoms with Gasteiger partial charge in [0.15, 0.2) is 0 Å². The number of benzene rings is 1. The van der Waals surface area contributed by atoms with E-state index < -0.39 is 0 Å². The van der Waals surface area contributed by atoms with E-state index in [1.54, 1.807) is 7.11 Å². The second-order valence-electron chi connectivity index (χ2n) is 7.23. The van der Waals surface area contributed by atoms with E-state index in [1.165, 1.54) is 11.9 Å². The minimum absolute atomic E-state index is 0.00913. The molecule has 0 N–H and O–H groups in total. The van der Waals surface area contributed by atoms with Gasteiger partial charge in [-0.05, 0) is 30.4 Å². The number of nitrogens with zero attached hydrogens (tertiary/aromatic N) is 5. The molecule has 0 aliphatic carbocycles. The number of hydrogen-bond acceptors (Lipinski definition) is 8. The van der Waals surface area contributed by atoms with Crippen LogP contribution in [0.5, 0.6) is 5.75 Å². The van der Waals surface area contributed by atoms with Gasteiger partial charge in [0.25, 0.3) is 0 Å². The summed E-state index contributed by atoms with van der Waals surface area (Å²) >= 11 is 0. The van der Waals surface area contributed by atoms with Gasteiger partial charge in [0.2, 0.25) is 11.6 Å². The number of morpholine rings is 1. The van der Waals surface area contributed by atoms with Crippen LogP contribution in [-0.4, -0.2) is 61.4 Å². The lowest BCUT2D eigenvalue weighted by atomic mass is 9.89. The Hall–Kier alpha value is -2.94. The summed E-state index contributed by atoms with van der Waals surface area (Å²) in [5.41, 5.74) is 1.19. The molecule has 0 atom stereocenters. The normalized spacial score (nSPS) is 18.0. The van der Waals surface area contributed by atoms with Gasteiger partial charge in [-0.2, -0.15) is 0 Å². The van der Waals surface area contributed by atoms with E-state index >= 15 is 0 Å². The summed E-state index contributed by atoms with van der Waals surface area (Å²) in [5.74, 6) is 2.05. The lowest BCUT2D eigenvalue weighted by molar-refractivity contribution is -0.383. The van der Waals surface area contributed by atoms with Crippen LogP contribution in [0.4, 0.5) is 17.3 Å². The van der Waals surface area contributed by atoms with Gasteiger partial charge in [0.1, 0.15) is 12.1 Å². The van der Waals surface area contributed by atoms with Crippen molar-refractivity contribution in [1.29, 1.82) is 0 Å². The monoisotopic (exact) mass is 399 g/mol. The molecule has 0 saturated carbocycles. The molecule has 29 heavy (non-hydrogen) atoms. The van der Waals surface area contributed by atoms with Gasteiger partial charge in [-0.15, -0.1) is 0 Å². The molecule has 2 aromatic rings. The number of piperidine rings is 1. The zero-order valence-electron chi connectivity index (χ0n) is 16.5. The van der Waals surface area contributed by atoms with Gasteiger partial charge in [-0.3, -0.25) is 10.1 Å². The Morgan fingerprint density at radius 2 is 1.69 bits per heavy atom. The van der Waals surface area contributed by atoms with Crippen molar-refractivity contribution in [2.45, 2.75) is 18.8 Å². The molecular formula is C20H25N5O4. The average molecular weight is 399 g/mol. The number of para-hydroxylation sites is 1. The van der Waals surface area contributed by atoms with Crippen molar-refractivity contribution in [2.24, 2.45) is 0 Å². The Morgan fingerprint density at radius 3 is 2.31 bits per heavy atom. The quantitative estimate of drug-likeness (QED) is 0.559. The van der Waals surface area contributed by atoms with E-state index in [2.05, 4.69) is 16.0 Å². The van der Waals surface area contributed by atoms with Crippen LogP contribution in [0.1, 0.15) is 24.3 Å². The number of nitro groups is 1. The van der Waals surface area contributed by atoms with Crippen molar-refractivity contribution in [2.75, 3.05) is 56.3 Å². The molecule has 0 amide bonds. The number of rotatable bonds is 5. The Morgan fingerprint density at radius 1 is 1.07 bits per heavy atom. The highest BCUT2D eigenvalue weighted by atomic mass is 16.6. The standard InChI is InChI=1S/C20H25N5O4/c1-28-17-5-3-2-4-16(17)15-6-8-23(9-7-15)19-18(25(26)27)20(22-14-21-19)24-10-12-29-13-11-24/h2-5,14-15H,6-13H2,1H3. The Balaban J connectivity index is 1.56. The summed E-state index contributed by atoms with van der Waals surface area (Å²) < 4.78 is 10.9. The van der Waals surface area contributed by atoms with Crippen LogP contribution < -0.4 is 14.5 Å². The number of methoxy groups -OCH3 is 1. The van der Waals surface area contributed by atoms with Crippen LogP contribution in [0.25, 0.3) is 0 Å². The van der Waals surface area contributed by atoms with E-state index in [0.717, 1.165) is 18.6 Å². The first-order valence-electron chi connectivity index (χ1n) is 9.89. The molecule has 1 aromatic heterocycles. The molecule has 9 nitrogen and oxygen atoms in total. The average Bonchev–Trinajstić information content (AvgIpc) is 2.79. The van der Waals surface area contributed by atoms with Crippen molar-refractivity contribution in [3.63, 3.8) is 0 Å². The largest absolute Gasteiger partial charge is 0.496 e. The Labute approximate surface area is 169 Å². The first-order valence-corrected chi connectivity index (χ1v) is 9.89. The summed E-state index contributed by atoms with van der Waals surface area (Å²) in [4.78, 5) is 24.0. The zero-order chi connectivity index (χ0) is 20.2. The summed E-state index contributed by atoms with van der Waals surface area (Å²) in [7, 11) is 1.69. The first-order chi connectivity index (χ1) is 14.2. The molecule has 154 valence electrons. The van der Waals surface area contributed by atoms with Crippen LogP contribution in [0, 0.1) is 10.1 Å². The Bertz CT molecular complexity index is 864. The minimum atomic E-state index is -0.355. The fourth-order valence-corrected chi connectivity index (χ4v) is 4.17. The number of aromatic nitrogens is 2. The van der Waals surface area contributed by atoms with E-state index in [-0.39, 0.29) is 10.6 Å². The molecule has 1 aromatic carbocycles. The highest BCUT2D eigenvalue weighted by Gasteiger charge is 2.33. The van der Waals surface area contributed by atoms with E-state index in [9.17, 15) is 10.1 Å². The molecule has 2 saturated heterocycles. The van der Waals surface area contributed by atoms with Crippen LogP contribution >= 0.6 is 0 Å². The Kier molecular flexibility index (Phi) is 5.75. The highest BCUT2D eigenvalue weighted by Crippen LogP contribution is 2.39. The maximum absolute atomic E-state index is 11.9. The van der Waals surface area contributed by atoms with Crippen LogP contribution in [0.15, 0.2) is 30.6 Å². The molecule has 2 aliphatic rings. The maximum Gasteiger partial charge on any atom is 0.353 e. The van der Waals surface area contributed by atoms with E-state index in [0.29, 0.717) is 56.9 Å². The van der Waals surface area contributed by atoms with Crippen molar-refractivity contribution < 1.29 is 14.4 Å². The SMILES string of the molecule is COc1ccccc1C1CCN(c2ncnc(N3CCOCC3)c2[N+](=O)[O-])CC1. The smallest absolute Gasteiger partial charge is 0.353 e. The lowest BCUT2D eigenvalue weighted by Crippen LogP contribution is -2.38. The van der Waals surface area contributed by atoms with Crippen molar-refractivity contribution in [3.05, 3.63) is 46.3 Å². The van der Waals surface area contributed by atoms with E-state index in [4.69, 9.17) is 9.47 Å². The van der Waals surface area contributed by atoms with Gasteiger partial charge in [0, 0.05) is 26.2 Å². The highest BCUT2D eigenvalue weighted by molar-refractivity contribution is 5.71. The van der Waals surface area contributed by atoms with Gasteiger partial charge in [-0.25, -0.2) is 9.97 Å². The molecule has 0 unspecified atom stereocenters. The summed E-state index contributed by atoms with van der Waals surface area (Å²) in [6.45, 7) is 3.66. The topological polar surface area (TPSA) is 93.9 Å². The summed E-state index contributed by atoms with van der Waals surface area (Å²) in [5, 5.41) is 11.9. The summed E-state index contributed by atoms with van der Waals surface area (Å²) in [6, 6.07) is 8.07. The van der Waals surface area contributed by atoms with Crippen molar-refractivity contribution in [3.8, 4) is 5.75 Å². The van der Waals surface area contributed by atoms with Crippen LogP contribution in [0.3, 0.4) is 0 Å². The van der Waals surface area contributed by atoms with E-state index in [1.807, 2.05) is 28.0 Å². The fourth-order valence-electron chi connectivity index (χ4n) is 4.17. The van der Waals surface area contributed by atoms with Crippen LogP contribution in [-0.2, 0) is 4.74 Å². The second-order valence-corrected chi connectivity index (χ2v) is 7.23. The van der Waals surface area contributed by atoms with Gasteiger partial charge < -0.3 is 19.3 Å². The predicted molar refractivity (Wildman–Crippen MR) is 109 cm³/mol. The predicted octanol–water partition coefficient (Wildman–Crippen LogP) is 2.61. The third-order valence-electron chi connectivity index (χ3n) is 5.65. The molecule has 3 heterocycles. The molecule has 4 rings (SSSR count). The molecule has 2 aliphatic heterocycles. The molecule has 0 bridgehead atoms. The number of ether oxygens (including phenoxy) is 2. The van der Waals surface area contributed by atoms with Crippen molar-refractivity contribution >= 4 is 17.3 Å². The molecule has 0 radical (unpaired) electrons. The third kappa shape index (κ3) is 3.95. The zero-order valence-corrected chi connectivity index (χ0v) is 16.5. The molecular weight excluding hydrogens is 374 g/mol. The summed E-state index contributed by atoms with van der Waals surface area (Å²) in [6.07, 6.45) is 3.20. The van der Waals surface area contributed by atoms with Gasteiger partial charge >= 0.3 is 5.69 Å². The molecule has 2 fully saturated rings. The molecule has 0 spiro atoms. The van der Waals surface area contributed by atoms with Gasteiger partial charge in [-0.1, -0.05) is 18.2 Å². The van der Waals surface area contributed by atoms with Crippen molar-refractivity contribution in [1.82, 2.24) is 9.97 Å².